The molecule has 0 N–H and O–H groups in total. The standard InChI is InChI=1S/C19H15NO3/c1-12-11-20(13-7-9-14(22-2)10-8-13)18-15-5-3-4-6-16(15)23-19(21)17(12)18/h3-11H,1-2H3. The van der Waals surface area contributed by atoms with Crippen LogP contribution in [0.4, 0.5) is 0 Å². The average molecular weight is 305 g/mol. The first-order valence-electron chi connectivity index (χ1n) is 7.37. The summed E-state index contributed by atoms with van der Waals surface area (Å²) < 4.78 is 12.7. The molecule has 0 fully saturated rings. The van der Waals surface area contributed by atoms with Gasteiger partial charge in [-0.15, -0.1) is 0 Å². The number of fused-ring (bicyclic) bond motifs is 3. The van der Waals surface area contributed by atoms with Crippen LogP contribution in [0.5, 0.6) is 5.75 Å². The van der Waals surface area contributed by atoms with Crippen LogP contribution in [-0.2, 0) is 0 Å². The number of hydrogen-bond donors (Lipinski definition) is 0. The Morgan fingerprint density at radius 3 is 2.52 bits per heavy atom. The van der Waals surface area contributed by atoms with Crippen LogP contribution in [0.1, 0.15) is 5.56 Å². The first-order valence-corrected chi connectivity index (χ1v) is 7.37. The van der Waals surface area contributed by atoms with Gasteiger partial charge >= 0.3 is 5.63 Å². The molecule has 0 aliphatic rings. The highest BCUT2D eigenvalue weighted by Gasteiger charge is 2.15. The Balaban J connectivity index is 2.12. The second kappa shape index (κ2) is 5.02. The summed E-state index contributed by atoms with van der Waals surface area (Å²) in [7, 11) is 1.64. The zero-order chi connectivity index (χ0) is 16.0. The topological polar surface area (TPSA) is 44.4 Å². The molecule has 0 unspecified atom stereocenters. The Morgan fingerprint density at radius 1 is 1.04 bits per heavy atom. The van der Waals surface area contributed by atoms with Gasteiger partial charge in [-0.2, -0.15) is 0 Å². The van der Waals surface area contributed by atoms with Gasteiger partial charge in [-0.1, -0.05) is 12.1 Å². The summed E-state index contributed by atoms with van der Waals surface area (Å²) >= 11 is 0. The summed E-state index contributed by atoms with van der Waals surface area (Å²) in [6.07, 6.45) is 1.97. The summed E-state index contributed by atoms with van der Waals surface area (Å²) in [4.78, 5) is 12.4. The van der Waals surface area contributed by atoms with Crippen molar-refractivity contribution in [2.75, 3.05) is 7.11 Å². The summed E-state index contributed by atoms with van der Waals surface area (Å²) in [5.74, 6) is 0.798. The molecule has 114 valence electrons. The molecule has 0 radical (unpaired) electrons. The van der Waals surface area contributed by atoms with E-state index in [1.54, 1.807) is 7.11 Å². The number of methoxy groups -OCH3 is 1. The van der Waals surface area contributed by atoms with Gasteiger partial charge in [-0.05, 0) is 48.9 Å². The molecule has 4 rings (SSSR count). The van der Waals surface area contributed by atoms with Gasteiger partial charge in [0.15, 0.2) is 0 Å². The molecule has 0 aliphatic carbocycles. The van der Waals surface area contributed by atoms with Crippen LogP contribution in [0.15, 0.2) is 63.9 Å². The highest BCUT2D eigenvalue weighted by molar-refractivity contribution is 6.04. The van der Waals surface area contributed by atoms with Crippen molar-refractivity contribution >= 4 is 21.9 Å². The first-order chi connectivity index (χ1) is 11.2. The summed E-state index contributed by atoms with van der Waals surface area (Å²) in [6.45, 7) is 1.92. The van der Waals surface area contributed by atoms with Gasteiger partial charge in [0.25, 0.3) is 0 Å². The molecule has 4 heteroatoms. The van der Waals surface area contributed by atoms with Gasteiger partial charge in [0.05, 0.1) is 18.0 Å². The molecule has 4 nitrogen and oxygen atoms in total. The van der Waals surface area contributed by atoms with Crippen LogP contribution in [0.25, 0.3) is 27.6 Å². The summed E-state index contributed by atoms with van der Waals surface area (Å²) in [6, 6.07) is 15.4. The smallest absolute Gasteiger partial charge is 0.346 e. The molecule has 4 aromatic rings. The van der Waals surface area contributed by atoms with Crippen molar-refractivity contribution in [1.82, 2.24) is 4.57 Å². The molecular weight excluding hydrogens is 290 g/mol. The minimum atomic E-state index is -0.302. The van der Waals surface area contributed by atoms with Crippen molar-refractivity contribution in [2.24, 2.45) is 0 Å². The Kier molecular flexibility index (Phi) is 2.98. The van der Waals surface area contributed by atoms with Crippen molar-refractivity contribution in [3.8, 4) is 11.4 Å². The Morgan fingerprint density at radius 2 is 1.78 bits per heavy atom. The van der Waals surface area contributed by atoms with Crippen LogP contribution in [0, 0.1) is 6.92 Å². The van der Waals surface area contributed by atoms with Gasteiger partial charge in [0.1, 0.15) is 11.3 Å². The predicted molar refractivity (Wildman–Crippen MR) is 90.6 cm³/mol. The fourth-order valence-corrected chi connectivity index (χ4v) is 3.00. The van der Waals surface area contributed by atoms with E-state index in [1.807, 2.05) is 66.2 Å². The maximum Gasteiger partial charge on any atom is 0.346 e. The van der Waals surface area contributed by atoms with E-state index in [-0.39, 0.29) is 5.63 Å². The monoisotopic (exact) mass is 305 g/mol. The zero-order valence-corrected chi connectivity index (χ0v) is 12.9. The molecule has 0 bridgehead atoms. The number of nitrogens with zero attached hydrogens (tertiary/aromatic N) is 1. The Labute approximate surface area is 132 Å². The van der Waals surface area contributed by atoms with E-state index in [2.05, 4.69) is 0 Å². The molecule has 2 aromatic carbocycles. The molecule has 0 amide bonds. The second-order valence-electron chi connectivity index (χ2n) is 5.49. The molecule has 2 heterocycles. The molecule has 0 saturated carbocycles. The van der Waals surface area contributed by atoms with Gasteiger partial charge < -0.3 is 13.7 Å². The number of aryl methyl sites for hydroxylation is 1. The van der Waals surface area contributed by atoms with Gasteiger partial charge in [-0.3, -0.25) is 0 Å². The van der Waals surface area contributed by atoms with Crippen molar-refractivity contribution in [3.05, 3.63) is 70.7 Å². The zero-order valence-electron chi connectivity index (χ0n) is 12.9. The lowest BCUT2D eigenvalue weighted by atomic mass is 10.1. The predicted octanol–water partition coefficient (Wildman–Crippen LogP) is 4.05. The van der Waals surface area contributed by atoms with Crippen LogP contribution >= 0.6 is 0 Å². The molecule has 0 saturated heterocycles. The summed E-state index contributed by atoms with van der Waals surface area (Å²) in [5, 5.41) is 1.55. The molecule has 0 atom stereocenters. The van der Waals surface area contributed by atoms with Crippen molar-refractivity contribution in [2.45, 2.75) is 6.92 Å². The first kappa shape index (κ1) is 13.6. The third kappa shape index (κ3) is 2.03. The van der Waals surface area contributed by atoms with E-state index in [4.69, 9.17) is 9.15 Å². The van der Waals surface area contributed by atoms with Crippen LogP contribution in [0.2, 0.25) is 0 Å². The highest BCUT2D eigenvalue weighted by atomic mass is 16.5. The molecule has 23 heavy (non-hydrogen) atoms. The molecule has 0 aliphatic heterocycles. The van der Waals surface area contributed by atoms with Crippen molar-refractivity contribution in [3.63, 3.8) is 0 Å². The average Bonchev–Trinajstić information content (AvgIpc) is 2.93. The van der Waals surface area contributed by atoms with E-state index < -0.39 is 0 Å². The molecule has 0 spiro atoms. The molecule has 2 aromatic heterocycles. The fraction of sp³-hybridized carbons (Fsp3) is 0.105. The lowest BCUT2D eigenvalue weighted by molar-refractivity contribution is 0.415. The number of aromatic nitrogens is 1. The van der Waals surface area contributed by atoms with Crippen molar-refractivity contribution in [1.29, 1.82) is 0 Å². The number of benzene rings is 2. The third-order valence-electron chi connectivity index (χ3n) is 4.09. The molecular formula is C19H15NO3. The lowest BCUT2D eigenvalue weighted by Gasteiger charge is -2.08. The Hall–Kier alpha value is -3.01. The van der Waals surface area contributed by atoms with Crippen LogP contribution in [0.3, 0.4) is 0 Å². The van der Waals surface area contributed by atoms with Crippen LogP contribution < -0.4 is 10.4 Å². The van der Waals surface area contributed by atoms with E-state index >= 15 is 0 Å². The number of para-hydroxylation sites is 1. The minimum Gasteiger partial charge on any atom is -0.497 e. The minimum absolute atomic E-state index is 0.302. The lowest BCUT2D eigenvalue weighted by Crippen LogP contribution is -2.01. The number of rotatable bonds is 2. The maximum absolute atomic E-state index is 12.4. The van der Waals surface area contributed by atoms with E-state index in [9.17, 15) is 4.79 Å². The van der Waals surface area contributed by atoms with E-state index in [0.717, 1.165) is 27.9 Å². The quantitative estimate of drug-likeness (QED) is 0.525. The third-order valence-corrected chi connectivity index (χ3v) is 4.09. The Bertz CT molecular complexity index is 1070. The van der Waals surface area contributed by atoms with Gasteiger partial charge in [-0.25, -0.2) is 4.79 Å². The van der Waals surface area contributed by atoms with Gasteiger partial charge in [0.2, 0.25) is 0 Å². The van der Waals surface area contributed by atoms with E-state index in [1.165, 1.54) is 0 Å². The number of hydrogen-bond acceptors (Lipinski definition) is 3. The van der Waals surface area contributed by atoms with E-state index in [0.29, 0.717) is 11.0 Å². The normalized spacial score (nSPS) is 11.2. The second-order valence-corrected chi connectivity index (χ2v) is 5.49. The summed E-state index contributed by atoms with van der Waals surface area (Å²) in [5.41, 5.74) is 3.04. The number of ether oxygens (including phenoxy) is 1. The maximum atomic E-state index is 12.4. The van der Waals surface area contributed by atoms with Crippen molar-refractivity contribution < 1.29 is 9.15 Å². The van der Waals surface area contributed by atoms with Gasteiger partial charge in [0, 0.05) is 17.3 Å². The largest absolute Gasteiger partial charge is 0.497 e. The fourth-order valence-electron chi connectivity index (χ4n) is 3.00. The van der Waals surface area contributed by atoms with Crippen LogP contribution in [-0.4, -0.2) is 11.7 Å². The SMILES string of the molecule is COc1ccc(-n2cc(C)c3c(=O)oc4ccccc4c32)cc1. The highest BCUT2D eigenvalue weighted by Crippen LogP contribution is 2.29.